The smallest absolute Gasteiger partial charge is 0.121 e. The summed E-state index contributed by atoms with van der Waals surface area (Å²) >= 11 is 0. The van der Waals surface area contributed by atoms with Gasteiger partial charge in [-0.1, -0.05) is 18.2 Å². The summed E-state index contributed by atoms with van der Waals surface area (Å²) < 4.78 is 0. The van der Waals surface area contributed by atoms with Crippen LogP contribution in [0.1, 0.15) is 48.1 Å². The highest BCUT2D eigenvalue weighted by Gasteiger charge is 2.27. The third kappa shape index (κ3) is 4.47. The third-order valence-electron chi connectivity index (χ3n) is 5.85. The summed E-state index contributed by atoms with van der Waals surface area (Å²) in [6.45, 7) is 1.80. The number of para-hydroxylation sites is 2. The van der Waals surface area contributed by atoms with Gasteiger partial charge in [-0.15, -0.1) is 17.0 Å². The number of aromatic nitrogens is 5. The van der Waals surface area contributed by atoms with Gasteiger partial charge in [0.05, 0.1) is 29.3 Å². The molecule has 1 unspecified atom stereocenters. The molecule has 4 aromatic rings. The topological polar surface area (TPSA) is 73.5 Å². The van der Waals surface area contributed by atoms with Gasteiger partial charge in [-0.3, -0.25) is 15.0 Å². The first-order valence-corrected chi connectivity index (χ1v) is 10.5. The molecule has 0 radical (unpaired) electrons. The van der Waals surface area contributed by atoms with E-state index in [9.17, 15) is 0 Å². The highest BCUT2D eigenvalue weighted by Crippen LogP contribution is 2.33. The molecule has 0 saturated heterocycles. The van der Waals surface area contributed by atoms with Gasteiger partial charge in [0.2, 0.25) is 0 Å². The van der Waals surface area contributed by atoms with Crippen LogP contribution < -0.4 is 0 Å². The van der Waals surface area contributed by atoms with Crippen LogP contribution in [0, 0.1) is 0 Å². The van der Waals surface area contributed by atoms with Gasteiger partial charge in [-0.05, 0) is 68.5 Å². The normalized spacial score (nSPS) is 15.8. The number of nitrogens with zero attached hydrogens (tertiary/aromatic N) is 4. The lowest BCUT2D eigenvalue weighted by Crippen LogP contribution is -2.33. The van der Waals surface area contributed by atoms with E-state index in [4.69, 9.17) is 9.97 Å². The molecule has 1 aliphatic carbocycles. The summed E-state index contributed by atoms with van der Waals surface area (Å²) in [6.07, 6.45) is 9.31. The molecule has 3 aromatic heterocycles. The zero-order chi connectivity index (χ0) is 19.5. The second-order valence-electron chi connectivity index (χ2n) is 7.81. The van der Waals surface area contributed by atoms with E-state index in [0.717, 1.165) is 55.6 Å². The Morgan fingerprint density at radius 1 is 1.07 bits per heavy atom. The quantitative estimate of drug-likeness (QED) is 0.411. The fraction of sp³-hybridized carbons (Fsp3) is 0.348. The molecule has 0 saturated carbocycles. The van der Waals surface area contributed by atoms with Crippen molar-refractivity contribution in [3.63, 3.8) is 0 Å². The van der Waals surface area contributed by atoms with Gasteiger partial charge in [-0.2, -0.15) is 5.10 Å². The standard InChI is InChI=1S/C23H26N6.BrH/c1-2-10-20-19(9-1)26-22(27-20)16-29(15-5-8-18-12-14-25-28-18)21-11-3-6-17-7-4-13-24-23(17)21;/h1-2,4,7,9-10,12-14,21H,3,5-6,8,11,15-16H2,(H,25,28)(H,26,27);1H. The molecule has 0 bridgehead atoms. The third-order valence-corrected chi connectivity index (χ3v) is 5.85. The molecule has 5 rings (SSSR count). The van der Waals surface area contributed by atoms with E-state index in [1.165, 1.54) is 23.4 Å². The van der Waals surface area contributed by atoms with Crippen LogP contribution in [-0.2, 0) is 19.4 Å². The van der Waals surface area contributed by atoms with E-state index in [0.29, 0.717) is 6.04 Å². The van der Waals surface area contributed by atoms with Gasteiger partial charge in [0, 0.05) is 18.1 Å². The summed E-state index contributed by atoms with van der Waals surface area (Å²) in [5.41, 5.74) is 5.96. The minimum Gasteiger partial charge on any atom is -0.341 e. The molecule has 7 heteroatoms. The summed E-state index contributed by atoms with van der Waals surface area (Å²) in [7, 11) is 0. The van der Waals surface area contributed by atoms with Crippen LogP contribution in [-0.4, -0.2) is 36.6 Å². The van der Waals surface area contributed by atoms with E-state index in [1.54, 1.807) is 0 Å². The highest BCUT2D eigenvalue weighted by atomic mass is 79.9. The van der Waals surface area contributed by atoms with Crippen molar-refractivity contribution >= 4 is 28.0 Å². The van der Waals surface area contributed by atoms with Crippen LogP contribution in [0.25, 0.3) is 11.0 Å². The maximum Gasteiger partial charge on any atom is 0.121 e. The lowest BCUT2D eigenvalue weighted by Gasteiger charge is -2.34. The first-order valence-electron chi connectivity index (χ1n) is 10.5. The molecule has 0 fully saturated rings. The lowest BCUT2D eigenvalue weighted by molar-refractivity contribution is 0.160. The lowest BCUT2D eigenvalue weighted by atomic mass is 9.90. The molecule has 0 aliphatic heterocycles. The number of pyridine rings is 1. The van der Waals surface area contributed by atoms with Crippen molar-refractivity contribution in [3.8, 4) is 0 Å². The number of hydrogen-bond donors (Lipinski definition) is 2. The summed E-state index contributed by atoms with van der Waals surface area (Å²) in [4.78, 5) is 15.7. The van der Waals surface area contributed by atoms with Crippen LogP contribution in [0.4, 0.5) is 0 Å². The van der Waals surface area contributed by atoms with Gasteiger partial charge in [0.15, 0.2) is 0 Å². The van der Waals surface area contributed by atoms with Crippen molar-refractivity contribution in [2.45, 2.75) is 44.7 Å². The Bertz CT molecular complexity index is 1040. The summed E-state index contributed by atoms with van der Waals surface area (Å²) in [5.74, 6) is 1.02. The zero-order valence-electron chi connectivity index (χ0n) is 16.9. The van der Waals surface area contributed by atoms with Gasteiger partial charge >= 0.3 is 0 Å². The molecule has 156 valence electrons. The second-order valence-corrected chi connectivity index (χ2v) is 7.81. The van der Waals surface area contributed by atoms with E-state index in [1.807, 2.05) is 24.5 Å². The molecule has 1 atom stereocenters. The zero-order valence-corrected chi connectivity index (χ0v) is 18.6. The van der Waals surface area contributed by atoms with Crippen LogP contribution in [0.5, 0.6) is 0 Å². The number of rotatable bonds is 7. The molecule has 3 heterocycles. The molecular formula is C23H27BrN6. The van der Waals surface area contributed by atoms with E-state index in [2.05, 4.69) is 50.4 Å². The molecule has 0 amide bonds. The predicted molar refractivity (Wildman–Crippen MR) is 124 cm³/mol. The number of aryl methyl sites for hydroxylation is 2. The average molecular weight is 467 g/mol. The number of nitrogens with one attached hydrogen (secondary N) is 2. The van der Waals surface area contributed by atoms with Gasteiger partial charge < -0.3 is 4.98 Å². The molecule has 2 N–H and O–H groups in total. The minimum atomic E-state index is 0. The predicted octanol–water partition coefficient (Wildman–Crippen LogP) is 4.77. The van der Waals surface area contributed by atoms with E-state index >= 15 is 0 Å². The second kappa shape index (κ2) is 9.53. The molecule has 30 heavy (non-hydrogen) atoms. The number of imidazole rings is 1. The van der Waals surface area contributed by atoms with Crippen molar-refractivity contribution in [1.82, 2.24) is 30.0 Å². The monoisotopic (exact) mass is 466 g/mol. The molecule has 0 spiro atoms. The fourth-order valence-electron chi connectivity index (χ4n) is 4.45. The van der Waals surface area contributed by atoms with Crippen molar-refractivity contribution < 1.29 is 0 Å². The fourth-order valence-corrected chi connectivity index (χ4v) is 4.45. The summed E-state index contributed by atoms with van der Waals surface area (Å²) in [5, 5.41) is 7.14. The number of benzene rings is 1. The van der Waals surface area contributed by atoms with Gasteiger partial charge in [0.25, 0.3) is 0 Å². The van der Waals surface area contributed by atoms with Crippen LogP contribution >= 0.6 is 17.0 Å². The van der Waals surface area contributed by atoms with Crippen molar-refractivity contribution in [1.29, 1.82) is 0 Å². The van der Waals surface area contributed by atoms with E-state index < -0.39 is 0 Å². The number of fused-ring (bicyclic) bond motifs is 2. The highest BCUT2D eigenvalue weighted by molar-refractivity contribution is 8.93. The van der Waals surface area contributed by atoms with Gasteiger partial charge in [-0.25, -0.2) is 4.98 Å². The molecule has 6 nitrogen and oxygen atoms in total. The van der Waals surface area contributed by atoms with Crippen LogP contribution in [0.3, 0.4) is 0 Å². The maximum absolute atomic E-state index is 4.83. The van der Waals surface area contributed by atoms with Crippen LogP contribution in [0.2, 0.25) is 0 Å². The number of aromatic amines is 2. The first-order chi connectivity index (χ1) is 14.4. The van der Waals surface area contributed by atoms with Crippen LogP contribution in [0.15, 0.2) is 54.9 Å². The SMILES string of the molecule is Br.c1cnc2c(c1)CCCC2N(CCCc1ccn[nH]1)Cc1nc2ccccc2[nH]1. The number of hydrogen-bond acceptors (Lipinski definition) is 4. The minimum absolute atomic E-state index is 0. The van der Waals surface area contributed by atoms with Gasteiger partial charge in [0.1, 0.15) is 5.82 Å². The largest absolute Gasteiger partial charge is 0.341 e. The first kappa shape index (κ1) is 20.8. The summed E-state index contributed by atoms with van der Waals surface area (Å²) in [6, 6.07) is 14.9. The molecule has 1 aromatic carbocycles. The Hall–Kier alpha value is -2.51. The van der Waals surface area contributed by atoms with E-state index in [-0.39, 0.29) is 17.0 Å². The molecular weight excluding hydrogens is 440 g/mol. The van der Waals surface area contributed by atoms with Crippen molar-refractivity contribution in [2.75, 3.05) is 6.54 Å². The number of halogens is 1. The Morgan fingerprint density at radius 3 is 2.87 bits per heavy atom. The Morgan fingerprint density at radius 2 is 2.00 bits per heavy atom. The Labute approximate surface area is 186 Å². The Balaban J connectivity index is 0.00000218. The van der Waals surface area contributed by atoms with Crippen molar-refractivity contribution in [2.24, 2.45) is 0 Å². The molecule has 1 aliphatic rings. The van der Waals surface area contributed by atoms with Crippen molar-refractivity contribution in [3.05, 3.63) is 77.6 Å². The Kier molecular flexibility index (Phi) is 6.59. The number of H-pyrrole nitrogens is 2. The average Bonchev–Trinajstić information content (AvgIpc) is 3.42. The maximum atomic E-state index is 4.83.